The van der Waals surface area contributed by atoms with Gasteiger partial charge in [-0.25, -0.2) is 0 Å². The highest BCUT2D eigenvalue weighted by atomic mass is 16.5. The van der Waals surface area contributed by atoms with E-state index in [-0.39, 0.29) is 5.41 Å². The molecule has 0 fully saturated rings. The third-order valence-electron chi connectivity index (χ3n) is 3.25. The maximum Gasteiger partial charge on any atom is 0.135 e. The predicted octanol–water partition coefficient (Wildman–Crippen LogP) is 3.94. The molecular weight excluding hydrogens is 248 g/mol. The molecule has 2 N–H and O–H groups in total. The Morgan fingerprint density at radius 2 is 1.80 bits per heavy atom. The molecule has 0 saturated carbocycles. The Kier molecular flexibility index (Phi) is 4.09. The standard InChI is InChI=1S/C17H22N2O/c1-12-9-16(13(10-18)11-19-12)20-15-7-5-14(6-8-15)17(2,3)4/h5-9,11H,10,18H2,1-4H3. The highest BCUT2D eigenvalue weighted by Crippen LogP contribution is 2.28. The number of rotatable bonds is 3. The number of ether oxygens (including phenoxy) is 1. The quantitative estimate of drug-likeness (QED) is 0.919. The van der Waals surface area contributed by atoms with Crippen LogP contribution in [0.1, 0.15) is 37.6 Å². The van der Waals surface area contributed by atoms with Gasteiger partial charge >= 0.3 is 0 Å². The molecule has 0 spiro atoms. The summed E-state index contributed by atoms with van der Waals surface area (Å²) in [5.74, 6) is 1.60. The van der Waals surface area contributed by atoms with E-state index in [9.17, 15) is 0 Å². The number of aromatic nitrogens is 1. The van der Waals surface area contributed by atoms with Crippen LogP contribution in [-0.2, 0) is 12.0 Å². The number of hydrogen-bond acceptors (Lipinski definition) is 3. The smallest absolute Gasteiger partial charge is 0.135 e. The number of pyridine rings is 1. The molecule has 2 aromatic rings. The maximum absolute atomic E-state index is 5.93. The number of aryl methyl sites for hydroxylation is 1. The Morgan fingerprint density at radius 1 is 1.15 bits per heavy atom. The van der Waals surface area contributed by atoms with E-state index in [1.165, 1.54) is 5.56 Å². The van der Waals surface area contributed by atoms with Gasteiger partial charge in [0.15, 0.2) is 0 Å². The number of nitrogens with zero attached hydrogens (tertiary/aromatic N) is 1. The van der Waals surface area contributed by atoms with Crippen molar-refractivity contribution in [3.63, 3.8) is 0 Å². The van der Waals surface area contributed by atoms with Crippen molar-refractivity contribution in [3.8, 4) is 11.5 Å². The zero-order valence-corrected chi connectivity index (χ0v) is 12.6. The van der Waals surface area contributed by atoms with Crippen molar-refractivity contribution >= 4 is 0 Å². The summed E-state index contributed by atoms with van der Waals surface area (Å²) in [7, 11) is 0. The van der Waals surface area contributed by atoms with E-state index in [1.807, 2.05) is 25.1 Å². The molecular formula is C17H22N2O. The molecule has 2 rings (SSSR count). The van der Waals surface area contributed by atoms with Crippen LogP contribution in [0.5, 0.6) is 11.5 Å². The Balaban J connectivity index is 2.24. The summed E-state index contributed by atoms with van der Waals surface area (Å²) in [4.78, 5) is 4.24. The Bertz CT molecular complexity index is 583. The van der Waals surface area contributed by atoms with Crippen LogP contribution in [0.3, 0.4) is 0 Å². The minimum Gasteiger partial charge on any atom is -0.457 e. The van der Waals surface area contributed by atoms with Crippen LogP contribution in [0.2, 0.25) is 0 Å². The van der Waals surface area contributed by atoms with Crippen molar-refractivity contribution in [1.29, 1.82) is 0 Å². The van der Waals surface area contributed by atoms with E-state index >= 15 is 0 Å². The van der Waals surface area contributed by atoms with Crippen molar-refractivity contribution in [1.82, 2.24) is 4.98 Å². The molecule has 0 atom stereocenters. The molecule has 0 unspecified atom stereocenters. The fraction of sp³-hybridized carbons (Fsp3) is 0.353. The number of nitrogens with two attached hydrogens (primary N) is 1. The van der Waals surface area contributed by atoms with Crippen LogP contribution in [0, 0.1) is 6.92 Å². The summed E-state index contributed by atoms with van der Waals surface area (Å²) in [5, 5.41) is 0. The van der Waals surface area contributed by atoms with E-state index in [2.05, 4.69) is 37.9 Å². The monoisotopic (exact) mass is 270 g/mol. The summed E-state index contributed by atoms with van der Waals surface area (Å²) in [5.41, 5.74) is 8.98. The lowest BCUT2D eigenvalue weighted by Crippen LogP contribution is -2.10. The van der Waals surface area contributed by atoms with Gasteiger partial charge in [0.25, 0.3) is 0 Å². The third-order valence-corrected chi connectivity index (χ3v) is 3.25. The molecule has 0 saturated heterocycles. The Morgan fingerprint density at radius 3 is 2.35 bits per heavy atom. The van der Waals surface area contributed by atoms with Crippen molar-refractivity contribution in [2.45, 2.75) is 39.7 Å². The molecule has 106 valence electrons. The van der Waals surface area contributed by atoms with Gasteiger partial charge in [0.2, 0.25) is 0 Å². The number of benzene rings is 1. The molecule has 1 heterocycles. The van der Waals surface area contributed by atoms with E-state index in [0.29, 0.717) is 6.54 Å². The van der Waals surface area contributed by atoms with Crippen LogP contribution in [-0.4, -0.2) is 4.98 Å². The van der Waals surface area contributed by atoms with E-state index < -0.39 is 0 Å². The molecule has 0 aliphatic heterocycles. The molecule has 3 nitrogen and oxygen atoms in total. The molecule has 20 heavy (non-hydrogen) atoms. The molecule has 3 heteroatoms. The molecule has 1 aromatic heterocycles. The lowest BCUT2D eigenvalue weighted by atomic mass is 9.87. The van der Waals surface area contributed by atoms with Gasteiger partial charge < -0.3 is 10.5 Å². The van der Waals surface area contributed by atoms with Gasteiger partial charge in [-0.15, -0.1) is 0 Å². The molecule has 0 aliphatic carbocycles. The summed E-state index contributed by atoms with van der Waals surface area (Å²) in [6.07, 6.45) is 1.77. The molecule has 0 amide bonds. The van der Waals surface area contributed by atoms with Crippen LogP contribution >= 0.6 is 0 Å². The summed E-state index contributed by atoms with van der Waals surface area (Å²) in [6, 6.07) is 10.1. The second-order valence-corrected chi connectivity index (χ2v) is 6.01. The van der Waals surface area contributed by atoms with Gasteiger partial charge in [-0.2, -0.15) is 0 Å². The largest absolute Gasteiger partial charge is 0.457 e. The second kappa shape index (κ2) is 5.63. The zero-order valence-electron chi connectivity index (χ0n) is 12.6. The van der Waals surface area contributed by atoms with Crippen molar-refractivity contribution in [2.75, 3.05) is 0 Å². The summed E-state index contributed by atoms with van der Waals surface area (Å²) >= 11 is 0. The molecule has 0 bridgehead atoms. The highest BCUT2D eigenvalue weighted by molar-refractivity contribution is 5.39. The Hall–Kier alpha value is -1.87. The second-order valence-electron chi connectivity index (χ2n) is 6.01. The van der Waals surface area contributed by atoms with E-state index in [1.54, 1.807) is 6.20 Å². The average Bonchev–Trinajstić information content (AvgIpc) is 2.38. The Labute approximate surface area is 120 Å². The predicted molar refractivity (Wildman–Crippen MR) is 82.1 cm³/mol. The fourth-order valence-corrected chi connectivity index (χ4v) is 1.96. The maximum atomic E-state index is 5.93. The normalized spacial score (nSPS) is 11.4. The summed E-state index contributed by atoms with van der Waals surface area (Å²) in [6.45, 7) is 8.95. The zero-order chi connectivity index (χ0) is 14.8. The fourth-order valence-electron chi connectivity index (χ4n) is 1.96. The van der Waals surface area contributed by atoms with Gasteiger partial charge in [0.05, 0.1) is 0 Å². The topological polar surface area (TPSA) is 48.1 Å². The van der Waals surface area contributed by atoms with Gasteiger partial charge in [-0.3, -0.25) is 4.98 Å². The van der Waals surface area contributed by atoms with Crippen LogP contribution in [0.15, 0.2) is 36.5 Å². The minimum absolute atomic E-state index is 0.147. The average molecular weight is 270 g/mol. The molecule has 0 aliphatic rings. The first-order chi connectivity index (χ1) is 9.40. The van der Waals surface area contributed by atoms with Gasteiger partial charge in [-0.05, 0) is 30.0 Å². The van der Waals surface area contributed by atoms with Crippen molar-refractivity contribution in [3.05, 3.63) is 53.3 Å². The van der Waals surface area contributed by atoms with E-state index in [4.69, 9.17) is 10.5 Å². The molecule has 1 aromatic carbocycles. The first kappa shape index (κ1) is 14.5. The van der Waals surface area contributed by atoms with Gasteiger partial charge in [0.1, 0.15) is 11.5 Å². The SMILES string of the molecule is Cc1cc(Oc2ccc(C(C)(C)C)cc2)c(CN)cn1. The lowest BCUT2D eigenvalue weighted by molar-refractivity contribution is 0.473. The molecule has 0 radical (unpaired) electrons. The van der Waals surface area contributed by atoms with E-state index in [0.717, 1.165) is 22.8 Å². The van der Waals surface area contributed by atoms with Gasteiger partial charge in [0, 0.05) is 30.1 Å². The number of hydrogen-bond donors (Lipinski definition) is 1. The van der Waals surface area contributed by atoms with Crippen LogP contribution in [0.4, 0.5) is 0 Å². The van der Waals surface area contributed by atoms with Crippen molar-refractivity contribution in [2.24, 2.45) is 5.73 Å². The summed E-state index contributed by atoms with van der Waals surface area (Å²) < 4.78 is 5.93. The highest BCUT2D eigenvalue weighted by Gasteiger charge is 2.13. The van der Waals surface area contributed by atoms with Gasteiger partial charge in [-0.1, -0.05) is 32.9 Å². The lowest BCUT2D eigenvalue weighted by Gasteiger charge is -2.19. The first-order valence-corrected chi connectivity index (χ1v) is 6.84. The minimum atomic E-state index is 0.147. The van der Waals surface area contributed by atoms with Crippen LogP contribution in [0.25, 0.3) is 0 Å². The van der Waals surface area contributed by atoms with Crippen LogP contribution < -0.4 is 10.5 Å². The van der Waals surface area contributed by atoms with Crippen molar-refractivity contribution < 1.29 is 4.74 Å². The third kappa shape index (κ3) is 3.36. The first-order valence-electron chi connectivity index (χ1n) is 6.84.